The second kappa shape index (κ2) is 7.86. The summed E-state index contributed by atoms with van der Waals surface area (Å²) in [4.78, 5) is 12.6. The van der Waals surface area contributed by atoms with Crippen molar-refractivity contribution in [2.45, 2.75) is 13.0 Å². The fourth-order valence-electron chi connectivity index (χ4n) is 2.68. The molecular weight excluding hydrogens is 332 g/mol. The molecule has 0 saturated carbocycles. The van der Waals surface area contributed by atoms with Gasteiger partial charge in [-0.05, 0) is 35.7 Å². The van der Waals surface area contributed by atoms with E-state index in [1.54, 1.807) is 6.07 Å². The Bertz CT molecular complexity index is 811. The van der Waals surface area contributed by atoms with Crippen LogP contribution in [0.2, 0.25) is 5.02 Å². The Morgan fingerprint density at radius 1 is 0.840 bits per heavy atom. The SMILES string of the molecule is Cc1c(Cl)cccc1NC(=O)NC(c1ccccc1)c1ccccc1. The fraction of sp³-hybridized carbons (Fsp3) is 0.0952. The van der Waals surface area contributed by atoms with E-state index in [-0.39, 0.29) is 12.1 Å². The monoisotopic (exact) mass is 350 g/mol. The average molecular weight is 351 g/mol. The number of urea groups is 1. The van der Waals surface area contributed by atoms with Gasteiger partial charge in [-0.2, -0.15) is 0 Å². The zero-order chi connectivity index (χ0) is 17.6. The summed E-state index contributed by atoms with van der Waals surface area (Å²) in [6.45, 7) is 1.88. The summed E-state index contributed by atoms with van der Waals surface area (Å²) in [5.74, 6) is 0. The van der Waals surface area contributed by atoms with Crippen LogP contribution in [-0.4, -0.2) is 6.03 Å². The number of hydrogen-bond acceptors (Lipinski definition) is 1. The van der Waals surface area contributed by atoms with Crippen LogP contribution in [0.4, 0.5) is 10.5 Å². The summed E-state index contributed by atoms with van der Waals surface area (Å²) in [5, 5.41) is 6.56. The Kier molecular flexibility index (Phi) is 5.36. The van der Waals surface area contributed by atoms with Gasteiger partial charge in [-0.3, -0.25) is 0 Å². The molecule has 0 unspecified atom stereocenters. The summed E-state index contributed by atoms with van der Waals surface area (Å²) in [6.07, 6.45) is 0. The predicted octanol–water partition coefficient (Wildman–Crippen LogP) is 5.56. The molecule has 126 valence electrons. The van der Waals surface area contributed by atoms with E-state index in [2.05, 4.69) is 10.6 Å². The van der Waals surface area contributed by atoms with Crippen molar-refractivity contribution in [3.8, 4) is 0 Å². The van der Waals surface area contributed by atoms with Crippen molar-refractivity contribution in [3.05, 3.63) is 101 Å². The third kappa shape index (κ3) is 4.20. The minimum atomic E-state index is -0.275. The molecule has 2 N–H and O–H groups in total. The Hall–Kier alpha value is -2.78. The number of carbonyl (C=O) groups is 1. The maximum Gasteiger partial charge on any atom is 0.319 e. The van der Waals surface area contributed by atoms with Crippen LogP contribution in [0.15, 0.2) is 78.9 Å². The first kappa shape index (κ1) is 17.1. The van der Waals surface area contributed by atoms with Crippen LogP contribution in [-0.2, 0) is 0 Å². The van der Waals surface area contributed by atoms with Crippen LogP contribution in [0.25, 0.3) is 0 Å². The van der Waals surface area contributed by atoms with Crippen LogP contribution in [0, 0.1) is 6.92 Å². The molecule has 0 aromatic heterocycles. The molecule has 3 rings (SSSR count). The Morgan fingerprint density at radius 2 is 1.40 bits per heavy atom. The molecular formula is C21H19ClN2O. The second-order valence-corrected chi connectivity index (χ2v) is 6.17. The van der Waals surface area contributed by atoms with E-state index in [0.717, 1.165) is 16.7 Å². The van der Waals surface area contributed by atoms with E-state index in [0.29, 0.717) is 10.7 Å². The number of carbonyl (C=O) groups excluding carboxylic acids is 1. The van der Waals surface area contributed by atoms with Crippen molar-refractivity contribution in [2.75, 3.05) is 5.32 Å². The van der Waals surface area contributed by atoms with Crippen LogP contribution >= 0.6 is 11.6 Å². The van der Waals surface area contributed by atoms with Crippen molar-refractivity contribution in [1.82, 2.24) is 5.32 Å². The van der Waals surface area contributed by atoms with Gasteiger partial charge in [0, 0.05) is 10.7 Å². The fourth-order valence-corrected chi connectivity index (χ4v) is 2.86. The Morgan fingerprint density at radius 3 is 1.96 bits per heavy atom. The lowest BCUT2D eigenvalue weighted by Crippen LogP contribution is -2.33. The maximum absolute atomic E-state index is 12.6. The first-order valence-electron chi connectivity index (χ1n) is 8.07. The molecule has 0 aliphatic heterocycles. The topological polar surface area (TPSA) is 41.1 Å². The van der Waals surface area contributed by atoms with Crippen LogP contribution < -0.4 is 10.6 Å². The summed E-state index contributed by atoms with van der Waals surface area (Å²) < 4.78 is 0. The van der Waals surface area contributed by atoms with Gasteiger partial charge < -0.3 is 10.6 Å². The lowest BCUT2D eigenvalue weighted by atomic mass is 9.99. The van der Waals surface area contributed by atoms with Crippen LogP contribution in [0.1, 0.15) is 22.7 Å². The summed E-state index contributed by atoms with van der Waals surface area (Å²) in [5.41, 5.74) is 3.58. The van der Waals surface area contributed by atoms with Gasteiger partial charge in [0.1, 0.15) is 0 Å². The van der Waals surface area contributed by atoms with E-state index < -0.39 is 0 Å². The van der Waals surface area contributed by atoms with E-state index in [4.69, 9.17) is 11.6 Å². The number of nitrogens with one attached hydrogen (secondary N) is 2. The minimum absolute atomic E-state index is 0.234. The van der Waals surface area contributed by atoms with Crippen molar-refractivity contribution >= 4 is 23.3 Å². The zero-order valence-electron chi connectivity index (χ0n) is 13.9. The van der Waals surface area contributed by atoms with E-state index in [9.17, 15) is 4.79 Å². The molecule has 0 radical (unpaired) electrons. The zero-order valence-corrected chi connectivity index (χ0v) is 14.6. The molecule has 4 heteroatoms. The minimum Gasteiger partial charge on any atom is -0.327 e. The third-order valence-electron chi connectivity index (χ3n) is 4.06. The molecule has 2 amide bonds. The smallest absolute Gasteiger partial charge is 0.319 e. The number of halogens is 1. The molecule has 0 bridgehead atoms. The highest BCUT2D eigenvalue weighted by molar-refractivity contribution is 6.31. The number of anilines is 1. The van der Waals surface area contributed by atoms with Crippen molar-refractivity contribution in [2.24, 2.45) is 0 Å². The summed E-state index contributed by atoms with van der Waals surface area (Å²) >= 11 is 6.12. The largest absolute Gasteiger partial charge is 0.327 e. The Labute approximate surface area is 152 Å². The van der Waals surface area contributed by atoms with Crippen molar-refractivity contribution in [1.29, 1.82) is 0 Å². The van der Waals surface area contributed by atoms with E-state index in [1.807, 2.05) is 79.7 Å². The molecule has 3 nitrogen and oxygen atoms in total. The van der Waals surface area contributed by atoms with Gasteiger partial charge in [0.05, 0.1) is 6.04 Å². The predicted molar refractivity (Wildman–Crippen MR) is 103 cm³/mol. The van der Waals surface area contributed by atoms with Gasteiger partial charge in [-0.1, -0.05) is 78.3 Å². The van der Waals surface area contributed by atoms with Gasteiger partial charge >= 0.3 is 6.03 Å². The normalized spacial score (nSPS) is 10.5. The number of hydrogen-bond donors (Lipinski definition) is 2. The lowest BCUT2D eigenvalue weighted by Gasteiger charge is -2.20. The molecule has 0 aliphatic rings. The van der Waals surface area contributed by atoms with E-state index in [1.165, 1.54) is 0 Å². The van der Waals surface area contributed by atoms with Gasteiger partial charge in [-0.15, -0.1) is 0 Å². The number of amides is 2. The molecule has 0 heterocycles. The van der Waals surface area contributed by atoms with Crippen LogP contribution in [0.3, 0.4) is 0 Å². The molecule has 0 aliphatic carbocycles. The van der Waals surface area contributed by atoms with E-state index >= 15 is 0 Å². The van der Waals surface area contributed by atoms with Gasteiger partial charge in [-0.25, -0.2) is 4.79 Å². The van der Waals surface area contributed by atoms with Gasteiger partial charge in [0.25, 0.3) is 0 Å². The lowest BCUT2D eigenvalue weighted by molar-refractivity contribution is 0.250. The molecule has 25 heavy (non-hydrogen) atoms. The highest BCUT2D eigenvalue weighted by Gasteiger charge is 2.17. The van der Waals surface area contributed by atoms with Gasteiger partial charge in [0.15, 0.2) is 0 Å². The summed E-state index contributed by atoms with van der Waals surface area (Å²) in [7, 11) is 0. The van der Waals surface area contributed by atoms with Gasteiger partial charge in [0.2, 0.25) is 0 Å². The Balaban J connectivity index is 1.83. The molecule has 0 spiro atoms. The molecule has 3 aromatic rings. The maximum atomic E-state index is 12.6. The molecule has 0 fully saturated rings. The second-order valence-electron chi connectivity index (χ2n) is 5.77. The highest BCUT2D eigenvalue weighted by Crippen LogP contribution is 2.24. The number of benzene rings is 3. The van der Waals surface area contributed by atoms with Crippen LogP contribution in [0.5, 0.6) is 0 Å². The first-order chi connectivity index (χ1) is 12.1. The number of rotatable bonds is 4. The first-order valence-corrected chi connectivity index (χ1v) is 8.45. The quantitative estimate of drug-likeness (QED) is 0.635. The standard InChI is InChI=1S/C21H19ClN2O/c1-15-18(22)13-8-14-19(15)23-21(25)24-20(16-9-4-2-5-10-16)17-11-6-3-7-12-17/h2-14,20H,1H3,(H2,23,24,25). The molecule has 0 atom stereocenters. The molecule has 0 saturated heterocycles. The average Bonchev–Trinajstić information content (AvgIpc) is 2.65. The van der Waals surface area contributed by atoms with Crippen molar-refractivity contribution < 1.29 is 4.79 Å². The van der Waals surface area contributed by atoms with Crippen molar-refractivity contribution in [3.63, 3.8) is 0 Å². The molecule has 3 aromatic carbocycles. The summed E-state index contributed by atoms with van der Waals surface area (Å²) in [6, 6.07) is 24.7. The third-order valence-corrected chi connectivity index (χ3v) is 4.47. The highest BCUT2D eigenvalue weighted by atomic mass is 35.5.